The first-order valence-corrected chi connectivity index (χ1v) is 10.1. The number of aliphatic imine (C=N–C) groups is 1. The van der Waals surface area contributed by atoms with E-state index in [-0.39, 0.29) is 18.3 Å². The number of nitrogens with zero attached hydrogens (tertiary/aromatic N) is 4. The number of pyridine rings is 1. The predicted octanol–water partition coefficient (Wildman–Crippen LogP) is 0.717. The summed E-state index contributed by atoms with van der Waals surface area (Å²) in [5.74, 6) is 0.172. The summed E-state index contributed by atoms with van der Waals surface area (Å²) in [5.41, 5.74) is 0.318. The fourth-order valence-electron chi connectivity index (χ4n) is 3.16. The van der Waals surface area contributed by atoms with Crippen LogP contribution >= 0.6 is 11.8 Å². The number of hydrogen-bond donors (Lipinski definition) is 2. The number of hydrogen-bond acceptors (Lipinski definition) is 9. The van der Waals surface area contributed by atoms with Gasteiger partial charge in [0.25, 0.3) is 0 Å². The molecule has 0 aliphatic carbocycles. The molecule has 2 aliphatic rings. The number of rotatable bonds is 6. The molecule has 0 amide bonds. The van der Waals surface area contributed by atoms with Crippen LogP contribution in [-0.4, -0.2) is 88.3 Å². The third-order valence-corrected chi connectivity index (χ3v) is 6.03. The summed E-state index contributed by atoms with van der Waals surface area (Å²) >= 11 is 1.40. The number of aliphatic hydroxyl groups is 1. The Balaban J connectivity index is 1.72. The minimum atomic E-state index is -0.939. The van der Waals surface area contributed by atoms with E-state index >= 15 is 0 Å². The van der Waals surface area contributed by atoms with Crippen LogP contribution in [0.4, 0.5) is 5.69 Å². The lowest BCUT2D eigenvalue weighted by Gasteiger charge is -2.35. The molecule has 0 spiro atoms. The lowest BCUT2D eigenvalue weighted by molar-refractivity contribution is -0.147. The molecular formula is C18H26N4O4S. The van der Waals surface area contributed by atoms with Crippen molar-refractivity contribution in [1.29, 1.82) is 0 Å². The zero-order valence-electron chi connectivity index (χ0n) is 15.7. The van der Waals surface area contributed by atoms with Crippen molar-refractivity contribution in [2.24, 2.45) is 4.99 Å². The fourth-order valence-corrected chi connectivity index (χ4v) is 4.32. The Labute approximate surface area is 163 Å². The smallest absolute Gasteiger partial charge is 0.334 e. The zero-order valence-corrected chi connectivity index (χ0v) is 16.5. The number of aromatic hydroxyl groups is 1. The molecule has 8 nitrogen and oxygen atoms in total. The summed E-state index contributed by atoms with van der Waals surface area (Å²) < 4.78 is 5.10. The highest BCUT2D eigenvalue weighted by Gasteiger charge is 2.40. The van der Waals surface area contributed by atoms with Crippen molar-refractivity contribution in [2.45, 2.75) is 19.4 Å². The van der Waals surface area contributed by atoms with E-state index in [1.54, 1.807) is 26.1 Å². The monoisotopic (exact) mass is 394 g/mol. The van der Waals surface area contributed by atoms with Crippen molar-refractivity contribution in [3.63, 3.8) is 0 Å². The van der Waals surface area contributed by atoms with Crippen LogP contribution in [0.15, 0.2) is 17.3 Å². The van der Waals surface area contributed by atoms with Gasteiger partial charge in [-0.3, -0.25) is 9.89 Å². The molecule has 0 saturated carbocycles. The molecule has 0 aromatic carbocycles. The van der Waals surface area contributed by atoms with E-state index < -0.39 is 5.54 Å². The summed E-state index contributed by atoms with van der Waals surface area (Å²) in [6.07, 6.45) is 1.74. The number of aromatic nitrogens is 1. The molecule has 1 aromatic rings. The molecule has 3 rings (SSSR count). The van der Waals surface area contributed by atoms with E-state index in [9.17, 15) is 9.90 Å². The van der Waals surface area contributed by atoms with Gasteiger partial charge in [-0.05, 0) is 13.8 Å². The van der Waals surface area contributed by atoms with E-state index in [0.29, 0.717) is 29.6 Å². The minimum Gasteiger partial charge on any atom is -0.506 e. The molecular weight excluding hydrogens is 368 g/mol. The maximum Gasteiger partial charge on any atom is 0.334 e. The fraction of sp³-hybridized carbons (Fsp3) is 0.611. The van der Waals surface area contributed by atoms with E-state index in [1.165, 1.54) is 11.8 Å². The summed E-state index contributed by atoms with van der Waals surface area (Å²) in [4.78, 5) is 25.4. The summed E-state index contributed by atoms with van der Waals surface area (Å²) in [6, 6.07) is 1.70. The number of β-amino-alcohol motifs (C(OH)–C–C–N with tert-alkyl or cyclic N) is 1. The number of aliphatic hydroxyl groups excluding tert-OH is 1. The van der Waals surface area contributed by atoms with Gasteiger partial charge in [-0.25, -0.2) is 9.78 Å². The van der Waals surface area contributed by atoms with Gasteiger partial charge in [0.2, 0.25) is 0 Å². The zero-order chi connectivity index (χ0) is 19.4. The van der Waals surface area contributed by atoms with Crippen molar-refractivity contribution in [1.82, 2.24) is 9.88 Å². The third-order valence-electron chi connectivity index (χ3n) is 4.76. The number of thioether (sulfide) groups is 1. The lowest BCUT2D eigenvalue weighted by Crippen LogP contribution is -2.47. The summed E-state index contributed by atoms with van der Waals surface area (Å²) in [5, 5.41) is 20.1. The lowest BCUT2D eigenvalue weighted by atomic mass is 10.1. The maximum absolute atomic E-state index is 12.1. The van der Waals surface area contributed by atoms with E-state index in [2.05, 4.69) is 19.8 Å². The van der Waals surface area contributed by atoms with E-state index in [4.69, 9.17) is 9.84 Å². The quantitative estimate of drug-likeness (QED) is 0.681. The Morgan fingerprint density at radius 2 is 2.11 bits per heavy atom. The van der Waals surface area contributed by atoms with Crippen LogP contribution in [0.5, 0.6) is 5.75 Å². The normalized spacial score (nSPS) is 23.4. The second-order valence-corrected chi connectivity index (χ2v) is 7.78. The van der Waals surface area contributed by atoms with Crippen LogP contribution in [0.1, 0.15) is 19.5 Å². The first-order valence-electron chi connectivity index (χ1n) is 9.14. The molecule has 2 N–H and O–H groups in total. The van der Waals surface area contributed by atoms with Crippen molar-refractivity contribution < 1.29 is 19.7 Å². The molecule has 3 heterocycles. The van der Waals surface area contributed by atoms with Crippen molar-refractivity contribution >= 4 is 28.5 Å². The Bertz CT molecular complexity index is 721. The highest BCUT2D eigenvalue weighted by molar-refractivity contribution is 8.14. The van der Waals surface area contributed by atoms with Gasteiger partial charge in [0.1, 0.15) is 16.5 Å². The standard InChI is InChI=1S/C18H26N4O4S/c1-3-26-17(25)18(2)12-27-16(20-18)15-14(24)10-13(11-19-15)22-6-4-21(5-7-22)8-9-23/h10-11,23-24H,3-9,12H2,1-2H3/t18-/m1/s1. The SMILES string of the molecule is CCOC(=O)[C@@]1(C)CSC(c2ncc(N3CCN(CCO)CC3)cc2O)=N1. The maximum atomic E-state index is 12.1. The Morgan fingerprint density at radius 3 is 2.74 bits per heavy atom. The van der Waals surface area contributed by atoms with Crippen LogP contribution in [-0.2, 0) is 9.53 Å². The van der Waals surface area contributed by atoms with Crippen LogP contribution < -0.4 is 4.90 Å². The molecule has 9 heteroatoms. The van der Waals surface area contributed by atoms with E-state index in [1.807, 2.05) is 0 Å². The van der Waals surface area contributed by atoms with Crippen LogP contribution in [0.25, 0.3) is 0 Å². The van der Waals surface area contributed by atoms with Gasteiger partial charge in [-0.15, -0.1) is 11.8 Å². The molecule has 27 heavy (non-hydrogen) atoms. The van der Waals surface area contributed by atoms with Gasteiger partial charge in [-0.2, -0.15) is 0 Å². The van der Waals surface area contributed by atoms with Crippen molar-refractivity contribution in [3.8, 4) is 5.75 Å². The topological polar surface area (TPSA) is 98.5 Å². The van der Waals surface area contributed by atoms with Crippen LogP contribution in [0.3, 0.4) is 0 Å². The largest absolute Gasteiger partial charge is 0.506 e. The van der Waals surface area contributed by atoms with Gasteiger partial charge in [0.05, 0.1) is 25.1 Å². The summed E-state index contributed by atoms with van der Waals surface area (Å²) in [6.45, 7) is 8.04. The van der Waals surface area contributed by atoms with E-state index in [0.717, 1.165) is 31.9 Å². The second-order valence-electron chi connectivity index (χ2n) is 6.81. The first-order chi connectivity index (χ1) is 13.0. The first kappa shape index (κ1) is 19.9. The molecule has 1 saturated heterocycles. The Kier molecular flexibility index (Phi) is 6.23. The average molecular weight is 394 g/mol. The number of anilines is 1. The average Bonchev–Trinajstić information content (AvgIpc) is 3.06. The predicted molar refractivity (Wildman–Crippen MR) is 106 cm³/mol. The number of carbonyl (C=O) groups is 1. The van der Waals surface area contributed by atoms with Gasteiger partial charge in [0, 0.05) is 44.5 Å². The van der Waals surface area contributed by atoms with Crippen LogP contribution in [0.2, 0.25) is 0 Å². The molecule has 1 fully saturated rings. The van der Waals surface area contributed by atoms with Gasteiger partial charge >= 0.3 is 5.97 Å². The number of ether oxygens (including phenoxy) is 1. The molecule has 0 radical (unpaired) electrons. The number of carbonyl (C=O) groups excluding carboxylic acids is 1. The number of piperazine rings is 1. The van der Waals surface area contributed by atoms with Gasteiger partial charge in [-0.1, -0.05) is 0 Å². The highest BCUT2D eigenvalue weighted by atomic mass is 32.2. The molecule has 2 aliphatic heterocycles. The minimum absolute atomic E-state index is 0.0599. The summed E-state index contributed by atoms with van der Waals surface area (Å²) in [7, 11) is 0. The van der Waals surface area contributed by atoms with Gasteiger partial charge in [0.15, 0.2) is 5.54 Å². The molecule has 1 aromatic heterocycles. The number of esters is 1. The Morgan fingerprint density at radius 1 is 1.37 bits per heavy atom. The Hall–Kier alpha value is -1.84. The molecule has 1 atom stereocenters. The third kappa shape index (κ3) is 4.36. The van der Waals surface area contributed by atoms with Crippen molar-refractivity contribution in [2.75, 3.05) is 56.6 Å². The molecule has 148 valence electrons. The molecule has 0 bridgehead atoms. The molecule has 0 unspecified atom stereocenters. The highest BCUT2D eigenvalue weighted by Crippen LogP contribution is 2.35. The van der Waals surface area contributed by atoms with Crippen molar-refractivity contribution in [3.05, 3.63) is 18.0 Å². The van der Waals surface area contributed by atoms with Gasteiger partial charge < -0.3 is 19.8 Å². The van der Waals surface area contributed by atoms with Crippen LogP contribution in [0, 0.1) is 0 Å². The second kappa shape index (κ2) is 8.45.